The van der Waals surface area contributed by atoms with E-state index in [9.17, 15) is 4.39 Å². The van der Waals surface area contributed by atoms with Gasteiger partial charge in [0.1, 0.15) is 5.82 Å². The lowest BCUT2D eigenvalue weighted by atomic mass is 10.2. The molecule has 0 aromatic heterocycles. The second-order valence-corrected chi connectivity index (χ2v) is 3.91. The molecular weight excluding hydrogens is 250 g/mol. The highest BCUT2D eigenvalue weighted by atomic mass is 35.5. The summed E-state index contributed by atoms with van der Waals surface area (Å²) in [4.78, 5) is 2.30. The van der Waals surface area contributed by atoms with E-state index in [1.807, 2.05) is 12.1 Å². The van der Waals surface area contributed by atoms with Crippen LogP contribution >= 0.6 is 24.8 Å². The molecule has 0 spiro atoms. The minimum atomic E-state index is -0.174. The predicted octanol–water partition coefficient (Wildman–Crippen LogP) is 2.20. The summed E-state index contributed by atoms with van der Waals surface area (Å²) in [6.45, 7) is 2.89. The maximum absolute atomic E-state index is 12.6. The van der Waals surface area contributed by atoms with Crippen molar-refractivity contribution >= 4 is 24.8 Å². The molecule has 92 valence electrons. The van der Waals surface area contributed by atoms with Gasteiger partial charge in [-0.2, -0.15) is 0 Å². The summed E-state index contributed by atoms with van der Waals surface area (Å²) in [6, 6.07) is 6.99. The average Bonchev–Trinajstić information content (AvgIpc) is 2.56. The van der Waals surface area contributed by atoms with Gasteiger partial charge in [-0.1, -0.05) is 12.1 Å². The maximum atomic E-state index is 12.6. The number of rotatable bonds is 2. The Labute approximate surface area is 108 Å². The predicted molar refractivity (Wildman–Crippen MR) is 68.8 cm³/mol. The van der Waals surface area contributed by atoms with Crippen molar-refractivity contribution < 1.29 is 4.39 Å². The van der Waals surface area contributed by atoms with Crippen LogP contribution in [0.4, 0.5) is 4.39 Å². The highest BCUT2D eigenvalue weighted by Crippen LogP contribution is 2.12. The van der Waals surface area contributed by atoms with Gasteiger partial charge in [-0.15, -0.1) is 24.8 Å². The molecule has 1 fully saturated rings. The van der Waals surface area contributed by atoms with Crippen LogP contribution < -0.4 is 5.73 Å². The first-order valence-corrected chi connectivity index (χ1v) is 4.96. The number of nitrogens with zero attached hydrogens (tertiary/aromatic N) is 1. The fourth-order valence-electron chi connectivity index (χ4n) is 1.85. The van der Waals surface area contributed by atoms with E-state index in [-0.39, 0.29) is 30.6 Å². The molecule has 1 saturated heterocycles. The average molecular weight is 267 g/mol. The summed E-state index contributed by atoms with van der Waals surface area (Å²) >= 11 is 0. The smallest absolute Gasteiger partial charge is 0.123 e. The summed E-state index contributed by atoms with van der Waals surface area (Å²) in [5.41, 5.74) is 6.95. The Kier molecular flexibility index (Phi) is 6.91. The molecular formula is C11H17Cl2FN2. The molecule has 1 aliphatic heterocycles. The van der Waals surface area contributed by atoms with Crippen molar-refractivity contribution in [1.82, 2.24) is 4.90 Å². The first-order valence-electron chi connectivity index (χ1n) is 4.96. The number of halogens is 3. The number of likely N-dealkylation sites (tertiary alicyclic amines) is 1. The molecule has 16 heavy (non-hydrogen) atoms. The molecule has 1 heterocycles. The Morgan fingerprint density at radius 3 is 2.38 bits per heavy atom. The second-order valence-electron chi connectivity index (χ2n) is 3.91. The zero-order valence-electron chi connectivity index (χ0n) is 8.93. The Morgan fingerprint density at radius 1 is 1.25 bits per heavy atom. The van der Waals surface area contributed by atoms with E-state index in [0.717, 1.165) is 31.6 Å². The van der Waals surface area contributed by atoms with Gasteiger partial charge in [0.15, 0.2) is 0 Å². The molecule has 1 aromatic carbocycles. The van der Waals surface area contributed by atoms with Crippen molar-refractivity contribution in [3.63, 3.8) is 0 Å². The lowest BCUT2D eigenvalue weighted by Crippen LogP contribution is -2.26. The van der Waals surface area contributed by atoms with Crippen LogP contribution in [0, 0.1) is 5.82 Å². The van der Waals surface area contributed by atoms with E-state index >= 15 is 0 Å². The Hall–Kier alpha value is -0.350. The fraction of sp³-hybridized carbons (Fsp3) is 0.455. The van der Waals surface area contributed by atoms with Crippen LogP contribution in [0.2, 0.25) is 0 Å². The Bertz CT molecular complexity index is 305. The zero-order chi connectivity index (χ0) is 9.97. The third-order valence-electron chi connectivity index (χ3n) is 2.63. The highest BCUT2D eigenvalue weighted by molar-refractivity contribution is 5.85. The lowest BCUT2D eigenvalue weighted by molar-refractivity contribution is 0.327. The third kappa shape index (κ3) is 4.26. The largest absolute Gasteiger partial charge is 0.326 e. The van der Waals surface area contributed by atoms with Crippen LogP contribution in [0.25, 0.3) is 0 Å². The number of benzene rings is 1. The molecule has 0 saturated carbocycles. The number of hydrogen-bond donors (Lipinski definition) is 1. The van der Waals surface area contributed by atoms with Crippen LogP contribution in [-0.4, -0.2) is 24.0 Å². The zero-order valence-corrected chi connectivity index (χ0v) is 10.6. The topological polar surface area (TPSA) is 29.3 Å². The van der Waals surface area contributed by atoms with Crippen molar-refractivity contribution in [3.05, 3.63) is 35.6 Å². The van der Waals surface area contributed by atoms with Crippen LogP contribution in [-0.2, 0) is 6.54 Å². The van der Waals surface area contributed by atoms with Crippen LogP contribution in [0.5, 0.6) is 0 Å². The fourth-order valence-corrected chi connectivity index (χ4v) is 1.85. The van der Waals surface area contributed by atoms with Crippen LogP contribution in [0.1, 0.15) is 12.0 Å². The van der Waals surface area contributed by atoms with E-state index < -0.39 is 0 Å². The van der Waals surface area contributed by atoms with Crippen LogP contribution in [0.15, 0.2) is 24.3 Å². The molecule has 0 bridgehead atoms. The van der Waals surface area contributed by atoms with E-state index in [0.29, 0.717) is 6.04 Å². The highest BCUT2D eigenvalue weighted by Gasteiger charge is 2.18. The van der Waals surface area contributed by atoms with E-state index in [4.69, 9.17) is 5.73 Å². The van der Waals surface area contributed by atoms with Gasteiger partial charge < -0.3 is 5.73 Å². The Balaban J connectivity index is 0.00000112. The molecule has 5 heteroatoms. The van der Waals surface area contributed by atoms with Gasteiger partial charge in [-0.3, -0.25) is 4.90 Å². The van der Waals surface area contributed by atoms with Crippen molar-refractivity contribution in [3.8, 4) is 0 Å². The molecule has 0 unspecified atom stereocenters. The molecule has 0 amide bonds. The van der Waals surface area contributed by atoms with E-state index in [1.165, 1.54) is 12.1 Å². The molecule has 2 rings (SSSR count). The molecule has 1 atom stereocenters. The monoisotopic (exact) mass is 266 g/mol. The lowest BCUT2D eigenvalue weighted by Gasteiger charge is -2.14. The van der Waals surface area contributed by atoms with Gasteiger partial charge in [-0.05, 0) is 24.1 Å². The normalized spacial score (nSPS) is 20.0. The molecule has 2 nitrogen and oxygen atoms in total. The van der Waals surface area contributed by atoms with Crippen LogP contribution in [0.3, 0.4) is 0 Å². The van der Waals surface area contributed by atoms with Crippen molar-refractivity contribution in [1.29, 1.82) is 0 Å². The minimum absolute atomic E-state index is 0. The maximum Gasteiger partial charge on any atom is 0.123 e. The Morgan fingerprint density at radius 2 is 1.88 bits per heavy atom. The number of nitrogens with two attached hydrogens (primary N) is 1. The van der Waals surface area contributed by atoms with E-state index in [1.54, 1.807) is 0 Å². The molecule has 1 aliphatic rings. The summed E-state index contributed by atoms with van der Waals surface area (Å²) in [5.74, 6) is -0.174. The minimum Gasteiger partial charge on any atom is -0.326 e. The van der Waals surface area contributed by atoms with Crippen molar-refractivity contribution in [2.45, 2.75) is 19.0 Å². The summed E-state index contributed by atoms with van der Waals surface area (Å²) in [5, 5.41) is 0. The SMILES string of the molecule is Cl.Cl.N[C@H]1CCN(Cc2ccc(F)cc2)C1. The van der Waals surface area contributed by atoms with Gasteiger partial charge in [0.05, 0.1) is 0 Å². The van der Waals surface area contributed by atoms with Gasteiger partial charge in [0.2, 0.25) is 0 Å². The van der Waals surface area contributed by atoms with Crippen molar-refractivity contribution in [2.75, 3.05) is 13.1 Å². The third-order valence-corrected chi connectivity index (χ3v) is 2.63. The summed E-state index contributed by atoms with van der Waals surface area (Å²) in [6.07, 6.45) is 1.07. The van der Waals surface area contributed by atoms with Gasteiger partial charge >= 0.3 is 0 Å². The molecule has 0 aliphatic carbocycles. The van der Waals surface area contributed by atoms with Crippen molar-refractivity contribution in [2.24, 2.45) is 5.73 Å². The quantitative estimate of drug-likeness (QED) is 0.890. The van der Waals surface area contributed by atoms with Gasteiger partial charge in [-0.25, -0.2) is 4.39 Å². The molecule has 2 N–H and O–H groups in total. The molecule has 0 radical (unpaired) electrons. The van der Waals surface area contributed by atoms with E-state index in [2.05, 4.69) is 4.90 Å². The summed E-state index contributed by atoms with van der Waals surface area (Å²) in [7, 11) is 0. The standard InChI is InChI=1S/C11H15FN2.2ClH/c12-10-3-1-9(2-4-10)7-14-6-5-11(13)8-14;;/h1-4,11H,5-8,13H2;2*1H/t11-;;/m0../s1. The second kappa shape index (κ2) is 7.07. The number of hydrogen-bond acceptors (Lipinski definition) is 2. The summed E-state index contributed by atoms with van der Waals surface area (Å²) < 4.78 is 12.6. The first-order chi connectivity index (χ1) is 6.74. The van der Waals surface area contributed by atoms with Gasteiger partial charge in [0, 0.05) is 25.7 Å². The first kappa shape index (κ1) is 15.7. The molecule has 1 aromatic rings. The van der Waals surface area contributed by atoms with Gasteiger partial charge in [0.25, 0.3) is 0 Å².